The molecule has 0 atom stereocenters. The molecule has 0 fully saturated rings. The van der Waals surface area contributed by atoms with Gasteiger partial charge in [-0.2, -0.15) is 0 Å². The topological polar surface area (TPSA) is 54.0 Å². The van der Waals surface area contributed by atoms with E-state index in [0.29, 0.717) is 13.1 Å². The molecule has 0 aromatic carbocycles. The van der Waals surface area contributed by atoms with E-state index in [2.05, 4.69) is 41.8 Å². The minimum Gasteiger partial charge on any atom is -0.355 e. The minimum atomic E-state index is 0. The maximum atomic E-state index is 11.2. The number of nitrogens with zero attached hydrogens (tertiary/aromatic N) is 1. The molecule has 0 saturated heterocycles. The van der Waals surface area contributed by atoms with Gasteiger partial charge in [-0.1, -0.05) is 20.8 Å². The zero-order valence-corrected chi connectivity index (χ0v) is 13.0. The molecule has 0 aliphatic carbocycles. The van der Waals surface area contributed by atoms with Crippen LogP contribution in [0.2, 0.25) is 0 Å². The summed E-state index contributed by atoms with van der Waals surface area (Å²) in [7, 11) is 1.76. The van der Waals surface area contributed by atoms with E-state index in [1.165, 1.54) is 0 Å². The van der Waals surface area contributed by atoms with Gasteiger partial charge in [0.05, 0.1) is 17.2 Å². The van der Waals surface area contributed by atoms with Crippen molar-refractivity contribution in [3.8, 4) is 0 Å². The van der Waals surface area contributed by atoms with Gasteiger partial charge in [-0.05, 0) is 7.05 Å². The van der Waals surface area contributed by atoms with Gasteiger partial charge in [0.15, 0.2) is 0 Å². The summed E-state index contributed by atoms with van der Waals surface area (Å²) in [6, 6.07) is 0. The minimum absolute atomic E-state index is 0. The number of rotatable bonds is 5. The van der Waals surface area contributed by atoms with Crippen LogP contribution in [0.25, 0.3) is 0 Å². The van der Waals surface area contributed by atoms with Crippen molar-refractivity contribution in [1.29, 1.82) is 0 Å². The van der Waals surface area contributed by atoms with Crippen LogP contribution in [0.5, 0.6) is 0 Å². The largest absolute Gasteiger partial charge is 0.355 e. The Morgan fingerprint density at radius 2 is 2.11 bits per heavy atom. The van der Waals surface area contributed by atoms with Crippen LogP contribution in [0, 0.1) is 0 Å². The van der Waals surface area contributed by atoms with Crippen molar-refractivity contribution in [3.63, 3.8) is 0 Å². The summed E-state index contributed by atoms with van der Waals surface area (Å²) < 4.78 is 0. The van der Waals surface area contributed by atoms with Crippen LogP contribution in [0.4, 0.5) is 0 Å². The first-order valence-electron chi connectivity index (χ1n) is 5.79. The first kappa shape index (κ1) is 17.4. The summed E-state index contributed by atoms with van der Waals surface area (Å²) in [5.41, 5.74) is 1.17. The van der Waals surface area contributed by atoms with Crippen LogP contribution in [-0.4, -0.2) is 31.0 Å². The molecule has 1 amide bonds. The summed E-state index contributed by atoms with van der Waals surface area (Å²) in [5, 5.41) is 8.88. The summed E-state index contributed by atoms with van der Waals surface area (Å²) in [4.78, 5) is 15.8. The molecule has 1 heterocycles. The van der Waals surface area contributed by atoms with E-state index in [1.807, 2.05) is 0 Å². The Hall–Kier alpha value is -0.650. The Balaban J connectivity index is 0.00000289. The number of thiazole rings is 1. The maximum Gasteiger partial charge on any atom is 0.233 e. The first-order valence-corrected chi connectivity index (χ1v) is 6.67. The zero-order chi connectivity index (χ0) is 12.9. The van der Waals surface area contributed by atoms with E-state index in [4.69, 9.17) is 0 Å². The number of hydrogen-bond acceptors (Lipinski definition) is 4. The number of halogens is 1. The smallest absolute Gasteiger partial charge is 0.233 e. The van der Waals surface area contributed by atoms with Crippen LogP contribution in [0.3, 0.4) is 0 Å². The third-order valence-electron chi connectivity index (χ3n) is 2.23. The Morgan fingerprint density at radius 3 is 2.61 bits per heavy atom. The summed E-state index contributed by atoms with van der Waals surface area (Å²) in [6.07, 6.45) is 0.794. The molecule has 0 bridgehead atoms. The number of likely N-dealkylation sites (N-methyl/N-ethyl adjacent to an activating group) is 1. The van der Waals surface area contributed by atoms with Crippen LogP contribution in [-0.2, 0) is 16.6 Å². The lowest BCUT2D eigenvalue weighted by Gasteiger charge is -2.13. The van der Waals surface area contributed by atoms with E-state index in [-0.39, 0.29) is 23.7 Å². The van der Waals surface area contributed by atoms with Gasteiger partial charge in [0.2, 0.25) is 5.91 Å². The second-order valence-electron chi connectivity index (χ2n) is 5.02. The van der Waals surface area contributed by atoms with E-state index < -0.39 is 0 Å². The highest BCUT2D eigenvalue weighted by Crippen LogP contribution is 2.25. The SMILES string of the molecule is CNCC(=O)NCCc1csc(C(C)(C)C)n1.Cl. The number of aromatic nitrogens is 1. The van der Waals surface area contributed by atoms with Crippen LogP contribution >= 0.6 is 23.7 Å². The van der Waals surface area contributed by atoms with Crippen molar-refractivity contribution < 1.29 is 4.79 Å². The lowest BCUT2D eigenvalue weighted by molar-refractivity contribution is -0.120. The Morgan fingerprint density at radius 1 is 1.44 bits per heavy atom. The predicted molar refractivity (Wildman–Crippen MR) is 78.7 cm³/mol. The molecular weight excluding hydrogens is 270 g/mol. The van der Waals surface area contributed by atoms with Gasteiger partial charge < -0.3 is 10.6 Å². The molecule has 0 radical (unpaired) electrons. The highest BCUT2D eigenvalue weighted by molar-refractivity contribution is 7.09. The van der Waals surface area contributed by atoms with E-state index in [9.17, 15) is 4.79 Å². The van der Waals surface area contributed by atoms with Crippen LogP contribution in [0.1, 0.15) is 31.5 Å². The van der Waals surface area contributed by atoms with Gasteiger partial charge in [-0.15, -0.1) is 23.7 Å². The molecule has 1 aromatic heterocycles. The number of carbonyl (C=O) groups excluding carboxylic acids is 1. The first-order chi connectivity index (χ1) is 7.93. The van der Waals surface area contributed by atoms with Crippen molar-refractivity contribution in [2.24, 2.45) is 0 Å². The van der Waals surface area contributed by atoms with Gasteiger partial charge in [-0.3, -0.25) is 4.79 Å². The molecule has 4 nitrogen and oxygen atoms in total. The normalized spacial score (nSPS) is 10.9. The maximum absolute atomic E-state index is 11.2. The molecule has 0 unspecified atom stereocenters. The molecule has 1 aromatic rings. The van der Waals surface area contributed by atoms with Gasteiger partial charge in [0, 0.05) is 23.8 Å². The molecule has 0 spiro atoms. The molecule has 0 aliphatic rings. The standard InChI is InChI=1S/C12H21N3OS.ClH/c1-12(2,3)11-15-9(8-17-11)5-6-14-10(16)7-13-4;/h8,13H,5-7H2,1-4H3,(H,14,16);1H. The Bertz CT molecular complexity index is 374. The lowest BCUT2D eigenvalue weighted by atomic mass is 9.98. The second kappa shape index (κ2) is 7.71. The van der Waals surface area contributed by atoms with Crippen molar-refractivity contribution in [2.75, 3.05) is 20.1 Å². The molecule has 0 aliphatic heterocycles. The number of amides is 1. The monoisotopic (exact) mass is 291 g/mol. The molecule has 0 saturated carbocycles. The quantitative estimate of drug-likeness (QED) is 0.869. The lowest BCUT2D eigenvalue weighted by Crippen LogP contribution is -2.33. The summed E-state index contributed by atoms with van der Waals surface area (Å²) in [5.74, 6) is 0.0266. The van der Waals surface area contributed by atoms with Crippen LogP contribution in [0.15, 0.2) is 5.38 Å². The highest BCUT2D eigenvalue weighted by atomic mass is 35.5. The molecular formula is C12H22ClN3OS. The van der Waals surface area contributed by atoms with Crippen molar-refractivity contribution in [3.05, 3.63) is 16.1 Å². The molecule has 6 heteroatoms. The van der Waals surface area contributed by atoms with Crippen LogP contribution < -0.4 is 10.6 Å². The molecule has 1 rings (SSSR count). The summed E-state index contributed by atoms with van der Waals surface area (Å²) >= 11 is 1.69. The number of carbonyl (C=O) groups is 1. The average molecular weight is 292 g/mol. The molecule has 104 valence electrons. The fourth-order valence-electron chi connectivity index (χ4n) is 1.32. The third-order valence-corrected chi connectivity index (χ3v) is 3.55. The van der Waals surface area contributed by atoms with Gasteiger partial charge in [0.25, 0.3) is 0 Å². The zero-order valence-electron chi connectivity index (χ0n) is 11.4. The predicted octanol–water partition coefficient (Wildman–Crippen LogP) is 1.74. The Kier molecular flexibility index (Phi) is 7.43. The fourth-order valence-corrected chi connectivity index (χ4v) is 2.26. The second-order valence-corrected chi connectivity index (χ2v) is 5.88. The molecule has 18 heavy (non-hydrogen) atoms. The van der Waals surface area contributed by atoms with E-state index >= 15 is 0 Å². The average Bonchev–Trinajstić information content (AvgIpc) is 2.66. The van der Waals surface area contributed by atoms with Crippen molar-refractivity contribution >= 4 is 29.7 Å². The van der Waals surface area contributed by atoms with Gasteiger partial charge in [-0.25, -0.2) is 4.98 Å². The fraction of sp³-hybridized carbons (Fsp3) is 0.667. The van der Waals surface area contributed by atoms with Gasteiger partial charge >= 0.3 is 0 Å². The van der Waals surface area contributed by atoms with Crippen molar-refractivity contribution in [2.45, 2.75) is 32.6 Å². The highest BCUT2D eigenvalue weighted by Gasteiger charge is 2.17. The van der Waals surface area contributed by atoms with E-state index in [1.54, 1.807) is 18.4 Å². The number of hydrogen-bond donors (Lipinski definition) is 2. The van der Waals surface area contributed by atoms with Gasteiger partial charge in [0.1, 0.15) is 0 Å². The molecule has 2 N–H and O–H groups in total. The van der Waals surface area contributed by atoms with Crippen molar-refractivity contribution in [1.82, 2.24) is 15.6 Å². The Labute approximate surface area is 119 Å². The number of nitrogens with one attached hydrogen (secondary N) is 2. The van der Waals surface area contributed by atoms with E-state index in [0.717, 1.165) is 17.1 Å². The summed E-state index contributed by atoms with van der Waals surface area (Å²) in [6.45, 7) is 7.48. The third kappa shape index (κ3) is 5.80.